The molecule has 1 saturated heterocycles. The maximum absolute atomic E-state index is 11.7. The molecule has 1 N–H and O–H groups in total. The summed E-state index contributed by atoms with van der Waals surface area (Å²) >= 11 is 0. The molecule has 1 aliphatic rings. The van der Waals surface area contributed by atoms with E-state index in [9.17, 15) is 4.79 Å². The zero-order valence-corrected chi connectivity index (χ0v) is 11.1. The van der Waals surface area contributed by atoms with Gasteiger partial charge in [-0.25, -0.2) is 0 Å². The molecule has 0 radical (unpaired) electrons. The number of benzene rings is 1. The van der Waals surface area contributed by atoms with Crippen molar-refractivity contribution in [2.75, 3.05) is 19.6 Å². The van der Waals surface area contributed by atoms with Crippen molar-refractivity contribution in [1.29, 1.82) is 0 Å². The molecule has 0 bridgehead atoms. The number of nitrogens with one attached hydrogen (secondary N) is 1. The Kier molecular flexibility index (Phi) is 4.76. The number of rotatable bonds is 5. The van der Waals surface area contributed by atoms with Crippen LogP contribution in [-0.2, 0) is 17.8 Å². The summed E-state index contributed by atoms with van der Waals surface area (Å²) in [5.41, 5.74) is 2.50. The van der Waals surface area contributed by atoms with Crippen LogP contribution in [0.1, 0.15) is 30.9 Å². The van der Waals surface area contributed by atoms with E-state index in [0.29, 0.717) is 13.1 Å². The van der Waals surface area contributed by atoms with Gasteiger partial charge in [-0.05, 0) is 43.5 Å². The summed E-state index contributed by atoms with van der Waals surface area (Å²) in [4.78, 5) is 14.0. The largest absolute Gasteiger partial charge is 0.351 e. The van der Waals surface area contributed by atoms with Gasteiger partial charge in [0, 0.05) is 6.54 Å². The van der Waals surface area contributed by atoms with Gasteiger partial charge in [-0.3, -0.25) is 9.69 Å². The standard InChI is InChI=1S/C15H22N2O/c1-2-13-5-7-14(8-6-13)11-16-15(18)12-17-9-3-4-10-17/h5-8H,2-4,9-12H2,1H3,(H,16,18). The number of carbonyl (C=O) groups excluding carboxylic acids is 1. The molecule has 0 saturated carbocycles. The molecule has 3 nitrogen and oxygen atoms in total. The molecule has 0 spiro atoms. The fourth-order valence-electron chi connectivity index (χ4n) is 2.29. The zero-order valence-electron chi connectivity index (χ0n) is 11.1. The highest BCUT2D eigenvalue weighted by molar-refractivity contribution is 5.78. The molecule has 98 valence electrons. The van der Waals surface area contributed by atoms with Gasteiger partial charge in [0.05, 0.1) is 6.54 Å². The Morgan fingerprint density at radius 1 is 1.17 bits per heavy atom. The van der Waals surface area contributed by atoms with Crippen LogP contribution in [0.5, 0.6) is 0 Å². The normalized spacial score (nSPS) is 15.8. The number of aryl methyl sites for hydroxylation is 1. The SMILES string of the molecule is CCc1ccc(CNC(=O)CN2CCCC2)cc1. The number of nitrogens with zero attached hydrogens (tertiary/aromatic N) is 1. The molecular formula is C15H22N2O. The summed E-state index contributed by atoms with van der Waals surface area (Å²) in [5.74, 6) is 0.136. The fraction of sp³-hybridized carbons (Fsp3) is 0.533. The van der Waals surface area contributed by atoms with Crippen LogP contribution in [0, 0.1) is 0 Å². The smallest absolute Gasteiger partial charge is 0.234 e. The minimum Gasteiger partial charge on any atom is -0.351 e. The Hall–Kier alpha value is -1.35. The lowest BCUT2D eigenvalue weighted by atomic mass is 10.1. The van der Waals surface area contributed by atoms with Crippen LogP contribution in [0.25, 0.3) is 0 Å². The second-order valence-electron chi connectivity index (χ2n) is 4.93. The maximum atomic E-state index is 11.7. The first-order valence-electron chi connectivity index (χ1n) is 6.85. The van der Waals surface area contributed by atoms with Crippen LogP contribution in [0.15, 0.2) is 24.3 Å². The molecule has 0 aliphatic carbocycles. The van der Waals surface area contributed by atoms with Gasteiger partial charge in [0.1, 0.15) is 0 Å². The van der Waals surface area contributed by atoms with Crippen LogP contribution in [0.4, 0.5) is 0 Å². The summed E-state index contributed by atoms with van der Waals surface area (Å²) in [7, 11) is 0. The minimum atomic E-state index is 0.136. The average Bonchev–Trinajstić information content (AvgIpc) is 2.90. The van der Waals surface area contributed by atoms with E-state index in [1.54, 1.807) is 0 Å². The van der Waals surface area contributed by atoms with Crippen LogP contribution >= 0.6 is 0 Å². The van der Waals surface area contributed by atoms with Crippen molar-refractivity contribution in [2.45, 2.75) is 32.7 Å². The van der Waals surface area contributed by atoms with E-state index in [0.717, 1.165) is 19.5 Å². The minimum absolute atomic E-state index is 0.136. The third-order valence-corrected chi connectivity index (χ3v) is 3.49. The summed E-state index contributed by atoms with van der Waals surface area (Å²) < 4.78 is 0. The summed E-state index contributed by atoms with van der Waals surface area (Å²) in [6, 6.07) is 8.44. The van der Waals surface area contributed by atoms with Gasteiger partial charge >= 0.3 is 0 Å². The lowest BCUT2D eigenvalue weighted by molar-refractivity contribution is -0.122. The Morgan fingerprint density at radius 2 is 1.78 bits per heavy atom. The van der Waals surface area contributed by atoms with Crippen LogP contribution < -0.4 is 5.32 Å². The van der Waals surface area contributed by atoms with E-state index in [2.05, 4.69) is 41.4 Å². The first kappa shape index (κ1) is 13.1. The Labute approximate surface area is 109 Å². The maximum Gasteiger partial charge on any atom is 0.234 e. The van der Waals surface area contributed by atoms with E-state index in [1.807, 2.05) is 0 Å². The molecular weight excluding hydrogens is 224 g/mol. The van der Waals surface area contributed by atoms with E-state index in [1.165, 1.54) is 24.0 Å². The second-order valence-corrected chi connectivity index (χ2v) is 4.93. The predicted molar refractivity (Wildman–Crippen MR) is 73.3 cm³/mol. The van der Waals surface area contributed by atoms with Crippen molar-refractivity contribution in [3.8, 4) is 0 Å². The molecule has 0 unspecified atom stereocenters. The van der Waals surface area contributed by atoms with Crippen molar-refractivity contribution >= 4 is 5.91 Å². The van der Waals surface area contributed by atoms with E-state index >= 15 is 0 Å². The van der Waals surface area contributed by atoms with Gasteiger partial charge in [-0.1, -0.05) is 31.2 Å². The van der Waals surface area contributed by atoms with Crippen molar-refractivity contribution in [3.05, 3.63) is 35.4 Å². The van der Waals surface area contributed by atoms with Crippen LogP contribution in [-0.4, -0.2) is 30.4 Å². The number of hydrogen-bond acceptors (Lipinski definition) is 2. The summed E-state index contributed by atoms with van der Waals surface area (Å²) in [6.07, 6.45) is 3.51. The lowest BCUT2D eigenvalue weighted by Gasteiger charge is -2.14. The van der Waals surface area contributed by atoms with Crippen LogP contribution in [0.2, 0.25) is 0 Å². The summed E-state index contributed by atoms with van der Waals surface area (Å²) in [5, 5.41) is 2.98. The fourth-order valence-corrected chi connectivity index (χ4v) is 2.29. The average molecular weight is 246 g/mol. The monoisotopic (exact) mass is 246 g/mol. The number of likely N-dealkylation sites (tertiary alicyclic amines) is 1. The van der Waals surface area contributed by atoms with E-state index < -0.39 is 0 Å². The van der Waals surface area contributed by atoms with Gasteiger partial charge in [0.25, 0.3) is 0 Å². The Balaban J connectivity index is 1.74. The first-order valence-corrected chi connectivity index (χ1v) is 6.85. The van der Waals surface area contributed by atoms with Crippen molar-refractivity contribution in [2.24, 2.45) is 0 Å². The Morgan fingerprint density at radius 3 is 2.39 bits per heavy atom. The summed E-state index contributed by atoms with van der Waals surface area (Å²) in [6.45, 7) is 5.47. The third-order valence-electron chi connectivity index (χ3n) is 3.49. The van der Waals surface area contributed by atoms with Crippen molar-refractivity contribution < 1.29 is 4.79 Å². The van der Waals surface area contributed by atoms with Gasteiger partial charge in [0.2, 0.25) is 5.91 Å². The van der Waals surface area contributed by atoms with E-state index in [-0.39, 0.29) is 5.91 Å². The molecule has 1 fully saturated rings. The second kappa shape index (κ2) is 6.55. The molecule has 1 aromatic rings. The molecule has 1 amide bonds. The number of amides is 1. The molecule has 0 aromatic heterocycles. The molecule has 1 aromatic carbocycles. The Bertz CT molecular complexity index is 380. The van der Waals surface area contributed by atoms with Gasteiger partial charge in [-0.2, -0.15) is 0 Å². The van der Waals surface area contributed by atoms with Crippen LogP contribution in [0.3, 0.4) is 0 Å². The molecule has 1 aliphatic heterocycles. The zero-order chi connectivity index (χ0) is 12.8. The molecule has 18 heavy (non-hydrogen) atoms. The predicted octanol–water partition coefficient (Wildman–Crippen LogP) is 1.96. The molecule has 0 atom stereocenters. The van der Waals surface area contributed by atoms with Gasteiger partial charge in [-0.15, -0.1) is 0 Å². The highest BCUT2D eigenvalue weighted by Crippen LogP contribution is 2.07. The number of hydrogen-bond donors (Lipinski definition) is 1. The van der Waals surface area contributed by atoms with Gasteiger partial charge in [0.15, 0.2) is 0 Å². The van der Waals surface area contributed by atoms with Gasteiger partial charge < -0.3 is 5.32 Å². The third kappa shape index (κ3) is 3.84. The van der Waals surface area contributed by atoms with Crippen molar-refractivity contribution in [3.63, 3.8) is 0 Å². The van der Waals surface area contributed by atoms with Crippen molar-refractivity contribution in [1.82, 2.24) is 10.2 Å². The van der Waals surface area contributed by atoms with E-state index in [4.69, 9.17) is 0 Å². The highest BCUT2D eigenvalue weighted by Gasteiger charge is 2.14. The highest BCUT2D eigenvalue weighted by atomic mass is 16.2. The molecule has 3 heteroatoms. The molecule has 2 rings (SSSR count). The molecule has 1 heterocycles. The lowest BCUT2D eigenvalue weighted by Crippen LogP contribution is -2.35. The quantitative estimate of drug-likeness (QED) is 0.861. The number of carbonyl (C=O) groups is 1. The first-order chi connectivity index (χ1) is 8.78. The topological polar surface area (TPSA) is 32.3 Å².